The second kappa shape index (κ2) is 9.00. The SMILES string of the molecule is COc1cccc(CNC(=O)c2cccc(S(=O)(=O)N(C)c3ccccc3C)c2)c1. The summed E-state index contributed by atoms with van der Waals surface area (Å²) >= 11 is 0. The van der Waals surface area contributed by atoms with E-state index < -0.39 is 10.0 Å². The number of para-hydroxylation sites is 1. The number of carbonyl (C=O) groups is 1. The molecule has 156 valence electrons. The van der Waals surface area contributed by atoms with Gasteiger partial charge in [-0.2, -0.15) is 0 Å². The summed E-state index contributed by atoms with van der Waals surface area (Å²) in [6, 6.07) is 20.7. The first-order chi connectivity index (χ1) is 14.3. The molecule has 0 unspecified atom stereocenters. The molecule has 0 bridgehead atoms. The molecule has 0 saturated carbocycles. The Morgan fingerprint density at radius 3 is 2.47 bits per heavy atom. The van der Waals surface area contributed by atoms with Crippen LogP contribution in [0, 0.1) is 6.92 Å². The maximum Gasteiger partial charge on any atom is 0.264 e. The Labute approximate surface area is 177 Å². The highest BCUT2D eigenvalue weighted by Crippen LogP contribution is 2.25. The van der Waals surface area contributed by atoms with Crippen LogP contribution in [0.2, 0.25) is 0 Å². The van der Waals surface area contributed by atoms with Gasteiger partial charge in [0, 0.05) is 19.2 Å². The summed E-state index contributed by atoms with van der Waals surface area (Å²) in [7, 11) is -0.722. The predicted molar refractivity (Wildman–Crippen MR) is 117 cm³/mol. The van der Waals surface area contributed by atoms with E-state index in [4.69, 9.17) is 4.74 Å². The summed E-state index contributed by atoms with van der Waals surface area (Å²) in [6.45, 7) is 2.15. The number of rotatable bonds is 7. The van der Waals surface area contributed by atoms with Gasteiger partial charge in [0.1, 0.15) is 5.75 Å². The zero-order valence-electron chi connectivity index (χ0n) is 17.1. The molecule has 0 heterocycles. The number of benzene rings is 3. The molecule has 3 rings (SSSR count). The average molecular weight is 425 g/mol. The lowest BCUT2D eigenvalue weighted by molar-refractivity contribution is 0.0950. The van der Waals surface area contributed by atoms with Crippen LogP contribution in [0.25, 0.3) is 0 Å². The summed E-state index contributed by atoms with van der Waals surface area (Å²) in [6.07, 6.45) is 0. The smallest absolute Gasteiger partial charge is 0.264 e. The molecular weight excluding hydrogens is 400 g/mol. The molecule has 30 heavy (non-hydrogen) atoms. The third-order valence-electron chi connectivity index (χ3n) is 4.80. The molecule has 3 aromatic carbocycles. The van der Waals surface area contributed by atoms with Gasteiger partial charge < -0.3 is 10.1 Å². The van der Waals surface area contributed by atoms with Gasteiger partial charge in [0.2, 0.25) is 0 Å². The summed E-state index contributed by atoms with van der Waals surface area (Å²) in [5.41, 5.74) is 2.59. The van der Waals surface area contributed by atoms with Gasteiger partial charge >= 0.3 is 0 Å². The molecule has 0 spiro atoms. The Morgan fingerprint density at radius 1 is 1.00 bits per heavy atom. The number of carbonyl (C=O) groups excluding carboxylic acids is 1. The van der Waals surface area contributed by atoms with Gasteiger partial charge in [-0.1, -0.05) is 36.4 Å². The fraction of sp³-hybridized carbons (Fsp3) is 0.174. The van der Waals surface area contributed by atoms with Crippen molar-refractivity contribution in [3.05, 3.63) is 89.5 Å². The number of sulfonamides is 1. The lowest BCUT2D eigenvalue weighted by atomic mass is 10.2. The second-order valence-corrected chi connectivity index (χ2v) is 8.79. The van der Waals surface area contributed by atoms with Crippen LogP contribution in [0.5, 0.6) is 5.75 Å². The molecule has 1 N–H and O–H groups in total. The van der Waals surface area contributed by atoms with E-state index in [1.54, 1.807) is 31.4 Å². The van der Waals surface area contributed by atoms with Crippen molar-refractivity contribution < 1.29 is 17.9 Å². The fourth-order valence-corrected chi connectivity index (χ4v) is 4.38. The number of hydrogen-bond donors (Lipinski definition) is 1. The minimum absolute atomic E-state index is 0.0577. The molecule has 6 nitrogen and oxygen atoms in total. The summed E-state index contributed by atoms with van der Waals surface area (Å²) < 4.78 is 32.6. The summed E-state index contributed by atoms with van der Waals surface area (Å²) in [5, 5.41) is 2.81. The molecule has 3 aromatic rings. The zero-order chi connectivity index (χ0) is 21.7. The summed E-state index contributed by atoms with van der Waals surface area (Å²) in [5.74, 6) is 0.350. The van der Waals surface area contributed by atoms with Crippen LogP contribution in [-0.4, -0.2) is 28.5 Å². The maximum absolute atomic E-state index is 13.1. The topological polar surface area (TPSA) is 75.7 Å². The van der Waals surface area contributed by atoms with Crippen molar-refractivity contribution in [2.24, 2.45) is 0 Å². The highest BCUT2D eigenvalue weighted by Gasteiger charge is 2.23. The van der Waals surface area contributed by atoms with Crippen LogP contribution >= 0.6 is 0 Å². The van der Waals surface area contributed by atoms with Crippen molar-refractivity contribution in [3.8, 4) is 5.75 Å². The van der Waals surface area contributed by atoms with E-state index in [1.807, 2.05) is 43.3 Å². The van der Waals surface area contributed by atoms with E-state index in [9.17, 15) is 13.2 Å². The van der Waals surface area contributed by atoms with Crippen LogP contribution in [0.15, 0.2) is 77.7 Å². The molecule has 0 atom stereocenters. The van der Waals surface area contributed by atoms with E-state index >= 15 is 0 Å². The van der Waals surface area contributed by atoms with E-state index in [0.717, 1.165) is 11.1 Å². The standard InChI is InChI=1S/C23H24N2O4S/c1-17-8-4-5-13-22(17)25(2)30(27,28)21-12-7-10-19(15-21)23(26)24-16-18-9-6-11-20(14-18)29-3/h4-15H,16H2,1-3H3,(H,24,26). The Hall–Kier alpha value is -3.32. The first-order valence-electron chi connectivity index (χ1n) is 9.38. The van der Waals surface area contributed by atoms with Crippen molar-refractivity contribution in [2.75, 3.05) is 18.5 Å². The van der Waals surface area contributed by atoms with Gasteiger partial charge in [-0.25, -0.2) is 8.42 Å². The van der Waals surface area contributed by atoms with E-state index in [-0.39, 0.29) is 16.4 Å². The molecule has 0 saturated heterocycles. The van der Waals surface area contributed by atoms with Gasteiger partial charge in [0.05, 0.1) is 17.7 Å². The van der Waals surface area contributed by atoms with Crippen LogP contribution in [0.4, 0.5) is 5.69 Å². The van der Waals surface area contributed by atoms with Crippen molar-refractivity contribution >= 4 is 21.6 Å². The molecule has 7 heteroatoms. The number of anilines is 1. The average Bonchev–Trinajstić information content (AvgIpc) is 2.77. The number of nitrogens with one attached hydrogen (secondary N) is 1. The number of amides is 1. The van der Waals surface area contributed by atoms with Crippen molar-refractivity contribution in [1.82, 2.24) is 5.32 Å². The Kier molecular flexibility index (Phi) is 6.42. The quantitative estimate of drug-likeness (QED) is 0.627. The molecule has 0 fully saturated rings. The Bertz CT molecular complexity index is 1160. The predicted octanol–water partition coefficient (Wildman–Crippen LogP) is 3.76. The fourth-order valence-electron chi connectivity index (χ4n) is 3.07. The number of methoxy groups -OCH3 is 1. The third kappa shape index (κ3) is 4.63. The first-order valence-corrected chi connectivity index (χ1v) is 10.8. The lowest BCUT2D eigenvalue weighted by Gasteiger charge is -2.21. The van der Waals surface area contributed by atoms with Gasteiger partial charge in [0.15, 0.2) is 0 Å². The Balaban J connectivity index is 1.79. The van der Waals surface area contributed by atoms with Gasteiger partial charge in [-0.05, 0) is 54.4 Å². The normalized spacial score (nSPS) is 11.0. The number of nitrogens with zero attached hydrogens (tertiary/aromatic N) is 1. The lowest BCUT2D eigenvalue weighted by Crippen LogP contribution is -2.28. The highest BCUT2D eigenvalue weighted by atomic mass is 32.2. The van der Waals surface area contributed by atoms with Gasteiger partial charge in [-0.3, -0.25) is 9.10 Å². The summed E-state index contributed by atoms with van der Waals surface area (Å²) in [4.78, 5) is 12.7. The van der Waals surface area contributed by atoms with Crippen LogP contribution in [-0.2, 0) is 16.6 Å². The number of ether oxygens (including phenoxy) is 1. The van der Waals surface area contributed by atoms with Gasteiger partial charge in [-0.15, -0.1) is 0 Å². The second-order valence-electron chi connectivity index (χ2n) is 6.82. The van der Waals surface area contributed by atoms with Crippen molar-refractivity contribution in [1.29, 1.82) is 0 Å². The minimum Gasteiger partial charge on any atom is -0.497 e. The van der Waals surface area contributed by atoms with Crippen molar-refractivity contribution in [2.45, 2.75) is 18.4 Å². The van der Waals surface area contributed by atoms with Gasteiger partial charge in [0.25, 0.3) is 15.9 Å². The van der Waals surface area contributed by atoms with Crippen LogP contribution < -0.4 is 14.4 Å². The third-order valence-corrected chi connectivity index (χ3v) is 6.56. The molecule has 1 amide bonds. The molecule has 0 aromatic heterocycles. The van der Waals surface area contributed by atoms with Crippen LogP contribution in [0.3, 0.4) is 0 Å². The van der Waals surface area contributed by atoms with E-state index in [0.29, 0.717) is 18.0 Å². The highest BCUT2D eigenvalue weighted by molar-refractivity contribution is 7.92. The number of hydrogen-bond acceptors (Lipinski definition) is 4. The van der Waals surface area contributed by atoms with Crippen LogP contribution in [0.1, 0.15) is 21.5 Å². The molecule has 0 aliphatic rings. The first kappa shape index (κ1) is 21.4. The monoisotopic (exact) mass is 424 g/mol. The molecule has 0 radical (unpaired) electrons. The zero-order valence-corrected chi connectivity index (χ0v) is 17.9. The molecule has 0 aliphatic heterocycles. The van der Waals surface area contributed by atoms with E-state index in [2.05, 4.69) is 5.32 Å². The minimum atomic E-state index is -3.81. The van der Waals surface area contributed by atoms with E-state index in [1.165, 1.54) is 23.5 Å². The number of aryl methyl sites for hydroxylation is 1. The maximum atomic E-state index is 13.1. The van der Waals surface area contributed by atoms with Crippen molar-refractivity contribution in [3.63, 3.8) is 0 Å². The molecular formula is C23H24N2O4S. The Morgan fingerprint density at radius 2 is 1.73 bits per heavy atom. The molecule has 0 aliphatic carbocycles. The largest absolute Gasteiger partial charge is 0.497 e.